The largest absolute Gasteiger partial charge is 0.288 e. The predicted octanol–water partition coefficient (Wildman–Crippen LogP) is 1.28. The van der Waals surface area contributed by atoms with E-state index in [4.69, 9.17) is 0 Å². The van der Waals surface area contributed by atoms with Crippen molar-refractivity contribution in [2.24, 2.45) is 0 Å². The molecule has 2 heteroatoms. The van der Waals surface area contributed by atoms with E-state index < -0.39 is 0 Å². The van der Waals surface area contributed by atoms with Gasteiger partial charge >= 0.3 is 0 Å². The number of hydrogen-bond acceptors (Lipinski definition) is 2. The molecular weight excluding hydrogens is 200 g/mol. The molecule has 0 N–H and O–H groups in total. The lowest BCUT2D eigenvalue weighted by Gasteiger charge is -2.02. The second-order valence-corrected chi connectivity index (χ2v) is 3.85. The van der Waals surface area contributed by atoms with E-state index in [2.05, 4.69) is 6.58 Å². The van der Waals surface area contributed by atoms with Crippen LogP contribution in [0.3, 0.4) is 0 Å². The van der Waals surface area contributed by atoms with Crippen molar-refractivity contribution in [3.8, 4) is 0 Å². The van der Waals surface area contributed by atoms with Crippen LogP contribution >= 0.6 is 0 Å². The molecule has 0 saturated heterocycles. The van der Waals surface area contributed by atoms with Gasteiger partial charge in [-0.1, -0.05) is 43.0 Å². The lowest BCUT2D eigenvalue weighted by molar-refractivity contribution is 1.52. The molecule has 0 aliphatic rings. The van der Waals surface area contributed by atoms with Gasteiger partial charge in [0.05, 0.1) is 5.22 Å². The highest BCUT2D eigenvalue weighted by atomic mass is 16.1. The minimum atomic E-state index is -0.255. The van der Waals surface area contributed by atoms with Gasteiger partial charge in [0.15, 0.2) is 10.9 Å². The zero-order valence-corrected chi connectivity index (χ0v) is 8.49. The second-order valence-electron chi connectivity index (χ2n) is 3.85. The average molecular weight is 208 g/mol. The van der Waals surface area contributed by atoms with E-state index in [-0.39, 0.29) is 16.1 Å². The minimum absolute atomic E-state index is 0.0613. The molecular formula is C14H8O2. The summed E-state index contributed by atoms with van der Waals surface area (Å²) in [6.07, 6.45) is 0. The Morgan fingerprint density at radius 3 is 1.81 bits per heavy atom. The average Bonchev–Trinajstić information content (AvgIpc) is 2.33. The maximum absolute atomic E-state index is 11.9. The summed E-state index contributed by atoms with van der Waals surface area (Å²) in [5.41, 5.74) is -0.511. The highest BCUT2D eigenvalue weighted by Crippen LogP contribution is 2.20. The summed E-state index contributed by atoms with van der Waals surface area (Å²) in [6, 6.07) is 10.9. The molecule has 0 spiro atoms. The first kappa shape index (κ1) is 9.04. The molecule has 3 aromatic rings. The normalized spacial score (nSPS) is 11.2. The molecule has 0 amide bonds. The summed E-state index contributed by atoms with van der Waals surface area (Å²) < 4.78 is 0. The summed E-state index contributed by atoms with van der Waals surface area (Å²) in [7, 11) is 0. The Morgan fingerprint density at radius 2 is 1.31 bits per heavy atom. The van der Waals surface area contributed by atoms with Gasteiger partial charge in [0.25, 0.3) is 0 Å². The van der Waals surface area contributed by atoms with Crippen LogP contribution < -0.4 is 16.1 Å². The fraction of sp³-hybridized carbons (Fsp3) is 0. The van der Waals surface area contributed by atoms with E-state index in [0.717, 1.165) is 10.8 Å². The Bertz CT molecular complexity index is 784. The summed E-state index contributed by atoms with van der Waals surface area (Å²) in [5, 5.41) is 2.90. The van der Waals surface area contributed by atoms with E-state index in [0.29, 0.717) is 10.8 Å². The van der Waals surface area contributed by atoms with Crippen molar-refractivity contribution < 1.29 is 0 Å². The Labute approximate surface area is 90.8 Å². The van der Waals surface area contributed by atoms with Crippen LogP contribution in [0.15, 0.2) is 46.0 Å². The molecule has 0 saturated carbocycles. The molecule has 0 atom stereocenters. The lowest BCUT2D eigenvalue weighted by Crippen LogP contribution is -2.37. The third kappa shape index (κ3) is 0.959. The van der Waals surface area contributed by atoms with Crippen molar-refractivity contribution in [3.63, 3.8) is 0 Å². The molecule has 0 aromatic heterocycles. The highest BCUT2D eigenvalue weighted by molar-refractivity contribution is 6.09. The minimum Gasteiger partial charge on any atom is -0.288 e. The summed E-state index contributed by atoms with van der Waals surface area (Å²) in [5.74, 6) is 0. The maximum atomic E-state index is 11.9. The fourth-order valence-electron chi connectivity index (χ4n) is 2.15. The quantitative estimate of drug-likeness (QED) is 0.557. The van der Waals surface area contributed by atoms with Gasteiger partial charge in [0.1, 0.15) is 0 Å². The zero-order chi connectivity index (χ0) is 11.3. The maximum Gasteiger partial charge on any atom is 0.197 e. The van der Waals surface area contributed by atoms with Crippen LogP contribution in [-0.2, 0) is 0 Å². The molecule has 0 aliphatic carbocycles. The third-order valence-electron chi connectivity index (χ3n) is 2.94. The molecule has 0 bridgehead atoms. The summed E-state index contributed by atoms with van der Waals surface area (Å²) >= 11 is 0. The van der Waals surface area contributed by atoms with Crippen molar-refractivity contribution in [2.75, 3.05) is 0 Å². The van der Waals surface area contributed by atoms with Gasteiger partial charge in [-0.15, -0.1) is 0 Å². The first-order valence-electron chi connectivity index (χ1n) is 5.00. The predicted molar refractivity (Wildman–Crippen MR) is 65.9 cm³/mol. The van der Waals surface area contributed by atoms with Crippen LogP contribution in [0.1, 0.15) is 0 Å². The van der Waals surface area contributed by atoms with E-state index in [1.165, 1.54) is 0 Å². The van der Waals surface area contributed by atoms with Crippen LogP contribution in [-0.4, -0.2) is 0 Å². The second kappa shape index (κ2) is 2.89. The van der Waals surface area contributed by atoms with Gasteiger partial charge in [0.2, 0.25) is 0 Å². The Hall–Kier alpha value is -2.22. The fourth-order valence-corrected chi connectivity index (χ4v) is 2.15. The molecule has 0 unspecified atom stereocenters. The molecule has 76 valence electrons. The van der Waals surface area contributed by atoms with Gasteiger partial charge in [-0.3, -0.25) is 9.59 Å². The molecule has 0 aliphatic heterocycles. The van der Waals surface area contributed by atoms with Gasteiger partial charge < -0.3 is 0 Å². The molecule has 0 fully saturated rings. The highest BCUT2D eigenvalue weighted by Gasteiger charge is 2.08. The molecule has 16 heavy (non-hydrogen) atoms. The number of hydrogen-bond donors (Lipinski definition) is 0. The van der Waals surface area contributed by atoms with E-state index in [1.54, 1.807) is 12.1 Å². The van der Waals surface area contributed by atoms with Crippen LogP contribution in [0, 0.1) is 0 Å². The monoisotopic (exact) mass is 208 g/mol. The first-order valence-corrected chi connectivity index (χ1v) is 5.00. The Morgan fingerprint density at radius 1 is 0.812 bits per heavy atom. The van der Waals surface area contributed by atoms with Crippen molar-refractivity contribution in [1.82, 2.24) is 0 Å². The molecule has 0 heterocycles. The van der Waals surface area contributed by atoms with Crippen molar-refractivity contribution in [3.05, 3.63) is 62.1 Å². The van der Waals surface area contributed by atoms with Crippen LogP contribution in [0.25, 0.3) is 28.1 Å². The molecule has 3 rings (SSSR count). The van der Waals surface area contributed by atoms with E-state index in [1.807, 2.05) is 24.3 Å². The van der Waals surface area contributed by atoms with E-state index >= 15 is 0 Å². The Balaban J connectivity index is 2.93. The van der Waals surface area contributed by atoms with Gasteiger partial charge in [-0.05, 0) is 5.39 Å². The third-order valence-corrected chi connectivity index (χ3v) is 2.94. The number of benzene rings is 3. The summed E-state index contributed by atoms with van der Waals surface area (Å²) in [4.78, 5) is 23.8. The molecule has 0 radical (unpaired) electrons. The van der Waals surface area contributed by atoms with Crippen molar-refractivity contribution in [1.29, 1.82) is 0 Å². The first-order chi connectivity index (χ1) is 7.70. The SMILES string of the molecule is C=c1c(=O)c2cccc3cccc(c1=O)c32. The smallest absolute Gasteiger partial charge is 0.197 e. The zero-order valence-electron chi connectivity index (χ0n) is 8.49. The molecule has 2 nitrogen and oxygen atoms in total. The number of rotatable bonds is 0. The van der Waals surface area contributed by atoms with Crippen LogP contribution in [0.4, 0.5) is 0 Å². The van der Waals surface area contributed by atoms with Crippen molar-refractivity contribution >= 4 is 28.1 Å². The van der Waals surface area contributed by atoms with E-state index in [9.17, 15) is 9.59 Å². The lowest BCUT2D eigenvalue weighted by atomic mass is 9.99. The standard InChI is InChI=1S/C14H8O2/c1-8-13(15)10-6-2-4-9-5-3-7-11(12(9)10)14(8)16/h2-7H,1H2. The molecule has 3 aromatic carbocycles. The van der Waals surface area contributed by atoms with Gasteiger partial charge in [-0.25, -0.2) is 0 Å². The van der Waals surface area contributed by atoms with Gasteiger partial charge in [0, 0.05) is 16.2 Å². The van der Waals surface area contributed by atoms with Crippen LogP contribution in [0.5, 0.6) is 0 Å². The van der Waals surface area contributed by atoms with Crippen molar-refractivity contribution in [2.45, 2.75) is 0 Å². The topological polar surface area (TPSA) is 34.1 Å². The van der Waals surface area contributed by atoms with Gasteiger partial charge in [-0.2, -0.15) is 0 Å². The summed E-state index contributed by atoms with van der Waals surface area (Å²) in [6.45, 7) is 3.56. The Kier molecular flexibility index (Phi) is 1.63. The van der Waals surface area contributed by atoms with Crippen LogP contribution in [0.2, 0.25) is 0 Å².